The van der Waals surface area contributed by atoms with E-state index >= 15 is 0 Å². The maximum Gasteiger partial charge on any atom is 1.00 e. The predicted molar refractivity (Wildman–Crippen MR) is 168 cm³/mol. The molecule has 0 saturated carbocycles. The van der Waals surface area contributed by atoms with Gasteiger partial charge in [-0.05, 0) is 40.5 Å². The van der Waals surface area contributed by atoms with Crippen molar-refractivity contribution in [3.05, 3.63) is 70.1 Å². The Morgan fingerprint density at radius 1 is 0.776 bits per heavy atom. The van der Waals surface area contributed by atoms with Crippen molar-refractivity contribution in [3.63, 3.8) is 0 Å². The number of aromatic nitrogens is 2. The maximum atomic E-state index is 10.9. The fourth-order valence-corrected chi connectivity index (χ4v) is 3.30. The van der Waals surface area contributed by atoms with Gasteiger partial charge in [0.25, 0.3) is 17.3 Å². The molecule has 0 spiro atoms. The van der Waals surface area contributed by atoms with Crippen LogP contribution < -0.4 is 34.3 Å². The summed E-state index contributed by atoms with van der Waals surface area (Å²) >= 11 is 5.32. The molecule has 1 N–H and O–H groups in total. The number of aliphatic hydroxyl groups excluding tert-OH is 1. The van der Waals surface area contributed by atoms with Gasteiger partial charge in [-0.2, -0.15) is 0 Å². The summed E-state index contributed by atoms with van der Waals surface area (Å²) in [5.74, 6) is -0.324. The summed E-state index contributed by atoms with van der Waals surface area (Å²) in [6, 6.07) is 1.55. The first-order valence-corrected chi connectivity index (χ1v) is 14.7. The Morgan fingerprint density at radius 3 is 1.57 bits per heavy atom. The van der Waals surface area contributed by atoms with Gasteiger partial charge in [-0.25, -0.2) is 9.97 Å². The second kappa shape index (κ2) is 28.6. The van der Waals surface area contributed by atoms with E-state index in [1.807, 2.05) is 13.8 Å². The average molecular weight is 735 g/mol. The van der Waals surface area contributed by atoms with Crippen LogP contribution in [-0.4, -0.2) is 100 Å². The first-order valence-electron chi connectivity index (χ1n) is 14.4. The Bertz CT molecular complexity index is 1270. The molecule has 1 saturated heterocycles. The van der Waals surface area contributed by atoms with E-state index in [4.69, 9.17) is 45.1 Å². The summed E-state index contributed by atoms with van der Waals surface area (Å²) in [6.07, 6.45) is 3.17. The van der Waals surface area contributed by atoms with Crippen molar-refractivity contribution < 1.29 is 84.2 Å². The van der Waals surface area contributed by atoms with Crippen LogP contribution in [0, 0.1) is 40.5 Å². The van der Waals surface area contributed by atoms with Gasteiger partial charge < -0.3 is 35.0 Å². The van der Waals surface area contributed by atoms with Gasteiger partial charge in [-0.15, -0.1) is 0 Å². The first-order chi connectivity index (χ1) is 22.9. The van der Waals surface area contributed by atoms with Gasteiger partial charge in [-0.3, -0.25) is 40.5 Å². The molecule has 272 valence electrons. The van der Waals surface area contributed by atoms with Crippen LogP contribution in [0.25, 0.3) is 0 Å². The minimum absolute atomic E-state index is 0. The van der Waals surface area contributed by atoms with Crippen LogP contribution in [-0.2, 0) is 23.7 Å². The molecule has 1 fully saturated rings. The largest absolute Gasteiger partial charge is 1.00 e. The molecule has 0 aromatic carbocycles. The Labute approximate surface area is 309 Å². The molecule has 49 heavy (non-hydrogen) atoms. The van der Waals surface area contributed by atoms with E-state index in [0.29, 0.717) is 26.4 Å². The molecular weight excluding hydrogens is 695 g/mol. The molecule has 3 heterocycles. The Balaban J connectivity index is -0.000000649. The molecule has 0 bridgehead atoms. The average Bonchev–Trinajstić information content (AvgIpc) is 3.65. The second-order valence-corrected chi connectivity index (χ2v) is 8.90. The Morgan fingerprint density at radius 2 is 1.20 bits per heavy atom. The van der Waals surface area contributed by atoms with Crippen molar-refractivity contribution in [1.29, 1.82) is 0 Å². The standard InChI is InChI=1S/C11H15N3O7.C6H14O3.C5H2ClN3O4.C4H8O.Na.H/c1-3-19-10(20-4-2)7-21-11-9(14(17)18)5-8(6-12-11)13(15)16;1-3-8-6(5-7)9-4-2;6-5-4(9(12)13)1-3(2-7-5)8(10)11;1-2-4-5-3-1;;/h5-6,10H,3-4,7H2,1-2H3;6-7H,3-5H2,1-2H3;1-2H;1-4H2;;/q;;;;+1;-1. The molecule has 2 aromatic heterocycles. The summed E-state index contributed by atoms with van der Waals surface area (Å²) in [4.78, 5) is 45.6. The molecule has 1 aliphatic heterocycles. The molecular formula is C26H40ClN6NaO15. The molecule has 2 aromatic rings. The van der Waals surface area contributed by atoms with Crippen LogP contribution >= 0.6 is 11.6 Å². The van der Waals surface area contributed by atoms with Crippen LogP contribution in [0.3, 0.4) is 0 Å². The van der Waals surface area contributed by atoms with E-state index in [9.17, 15) is 40.5 Å². The van der Waals surface area contributed by atoms with Gasteiger partial charge in [0.1, 0.15) is 25.1 Å². The van der Waals surface area contributed by atoms with Gasteiger partial charge in [-0.1, -0.05) is 11.6 Å². The molecule has 1 aliphatic rings. The molecule has 23 heteroatoms. The topological polar surface area (TPSA) is 274 Å². The van der Waals surface area contributed by atoms with Gasteiger partial charge in [0.05, 0.1) is 32.4 Å². The smallest absolute Gasteiger partial charge is 1.00 e. The van der Waals surface area contributed by atoms with Crippen LogP contribution in [0.1, 0.15) is 42.0 Å². The van der Waals surface area contributed by atoms with Gasteiger partial charge >= 0.3 is 40.9 Å². The minimum Gasteiger partial charge on any atom is -1.00 e. The van der Waals surface area contributed by atoms with E-state index in [0.717, 1.165) is 37.7 Å². The molecule has 21 nitrogen and oxygen atoms in total. The van der Waals surface area contributed by atoms with E-state index < -0.39 is 55.0 Å². The van der Waals surface area contributed by atoms with Gasteiger partial charge in [0, 0.05) is 39.6 Å². The Hall–Kier alpha value is -3.25. The predicted octanol–water partition coefficient (Wildman–Crippen LogP) is 1.52. The number of aliphatic hydroxyl groups is 1. The third-order valence-electron chi connectivity index (χ3n) is 5.18. The number of hydrogen-bond donors (Lipinski definition) is 1. The number of rotatable bonds is 16. The van der Waals surface area contributed by atoms with E-state index in [1.54, 1.807) is 13.8 Å². The van der Waals surface area contributed by atoms with Crippen molar-refractivity contribution in [2.75, 3.05) is 52.9 Å². The maximum absolute atomic E-state index is 10.9. The van der Waals surface area contributed by atoms with Gasteiger partial charge in [0.15, 0.2) is 12.6 Å². The minimum atomic E-state index is -0.831. The monoisotopic (exact) mass is 734 g/mol. The number of halogens is 1. The summed E-state index contributed by atoms with van der Waals surface area (Å²) in [7, 11) is 0. The second-order valence-electron chi connectivity index (χ2n) is 8.54. The zero-order valence-corrected chi connectivity index (χ0v) is 30.5. The SMILES string of the molecule is C1CCOC1.CCOC(CO)OCC.CCOC(COc1ncc([N+](=O)[O-])cc1[N+](=O)[O-])OCC.O=[N+]([O-])c1cnc(Cl)c([N+](=O)[O-])c1.[H-].[Na+]. The van der Waals surface area contributed by atoms with Crippen LogP contribution in [0.5, 0.6) is 5.88 Å². The molecule has 0 atom stereocenters. The van der Waals surface area contributed by atoms with Crippen molar-refractivity contribution in [1.82, 2.24) is 9.97 Å². The zero-order chi connectivity index (χ0) is 36.5. The first kappa shape index (κ1) is 47.9. The zero-order valence-electron chi connectivity index (χ0n) is 28.8. The van der Waals surface area contributed by atoms with Crippen molar-refractivity contribution in [2.24, 2.45) is 0 Å². The summed E-state index contributed by atoms with van der Waals surface area (Å²) in [5, 5.41) is 50.1. The number of nitrogens with zero attached hydrogens (tertiary/aromatic N) is 6. The molecule has 3 rings (SSSR count). The quantitative estimate of drug-likeness (QED) is 0.0841. The third-order valence-corrected chi connectivity index (χ3v) is 5.47. The third kappa shape index (κ3) is 20.8. The molecule has 0 radical (unpaired) electrons. The number of hydrogen-bond acceptors (Lipinski definition) is 17. The van der Waals surface area contributed by atoms with Crippen molar-refractivity contribution >= 4 is 34.4 Å². The summed E-state index contributed by atoms with van der Waals surface area (Å²) < 4.78 is 30.5. The summed E-state index contributed by atoms with van der Waals surface area (Å²) in [6.45, 7) is 11.0. The van der Waals surface area contributed by atoms with E-state index in [1.165, 1.54) is 12.8 Å². The van der Waals surface area contributed by atoms with Crippen LogP contribution in [0.15, 0.2) is 24.5 Å². The van der Waals surface area contributed by atoms with Crippen LogP contribution in [0.2, 0.25) is 5.15 Å². The molecule has 0 aliphatic carbocycles. The molecule has 0 unspecified atom stereocenters. The summed E-state index contributed by atoms with van der Waals surface area (Å²) in [5.41, 5.74) is -2.11. The van der Waals surface area contributed by atoms with Crippen LogP contribution in [0.4, 0.5) is 22.7 Å². The fourth-order valence-electron chi connectivity index (χ4n) is 3.12. The fraction of sp³-hybridized carbons (Fsp3) is 0.615. The van der Waals surface area contributed by atoms with Crippen molar-refractivity contribution in [2.45, 2.75) is 53.1 Å². The number of pyridine rings is 2. The van der Waals surface area contributed by atoms with Gasteiger partial charge in [0.2, 0.25) is 5.15 Å². The van der Waals surface area contributed by atoms with E-state index in [-0.39, 0.29) is 55.2 Å². The number of ether oxygens (including phenoxy) is 6. The Kier molecular flexibility index (Phi) is 27.9. The normalized spacial score (nSPS) is 11.5. The molecule has 0 amide bonds. The van der Waals surface area contributed by atoms with Crippen molar-refractivity contribution in [3.8, 4) is 5.88 Å². The number of nitro groups is 4. The van der Waals surface area contributed by atoms with E-state index in [2.05, 4.69) is 9.97 Å².